The predicted molar refractivity (Wildman–Crippen MR) is 72.8 cm³/mol. The van der Waals surface area contributed by atoms with Crippen LogP contribution in [-0.2, 0) is 4.79 Å². The van der Waals surface area contributed by atoms with E-state index in [1.165, 1.54) is 12.1 Å². The maximum Gasteiger partial charge on any atom is 0.305 e. The molecular weight excluding hydrogens is 289 g/mol. The number of aliphatic carboxylic acids is 1. The summed E-state index contributed by atoms with van der Waals surface area (Å²) >= 11 is 11.7. The lowest BCUT2D eigenvalue weighted by Gasteiger charge is -2.41. The molecule has 0 aromatic heterocycles. The average molecular weight is 302 g/mol. The zero-order chi connectivity index (χ0) is 14.0. The first kappa shape index (κ1) is 14.2. The fourth-order valence-corrected chi connectivity index (χ4v) is 2.72. The minimum Gasteiger partial charge on any atom is -0.481 e. The molecule has 0 bridgehead atoms. The Bertz CT molecular complexity index is 527. The van der Waals surface area contributed by atoms with Gasteiger partial charge in [-0.05, 0) is 37.5 Å². The monoisotopic (exact) mass is 301 g/mol. The second-order valence-corrected chi connectivity index (χ2v) is 5.63. The van der Waals surface area contributed by atoms with E-state index >= 15 is 0 Å². The molecular formula is C13H13Cl2NO3. The third kappa shape index (κ3) is 3.19. The van der Waals surface area contributed by atoms with Gasteiger partial charge in [-0.3, -0.25) is 9.59 Å². The fourth-order valence-electron chi connectivity index (χ4n) is 2.22. The molecule has 0 atom stereocenters. The normalized spacial score (nSPS) is 16.5. The number of amides is 1. The Morgan fingerprint density at radius 2 is 2.00 bits per heavy atom. The maximum absolute atomic E-state index is 12.1. The van der Waals surface area contributed by atoms with Crippen LogP contribution in [0.1, 0.15) is 36.0 Å². The molecule has 1 aliphatic carbocycles. The average Bonchev–Trinajstić information content (AvgIpc) is 2.25. The van der Waals surface area contributed by atoms with E-state index in [2.05, 4.69) is 5.32 Å². The first-order chi connectivity index (χ1) is 8.92. The molecule has 1 saturated carbocycles. The number of benzene rings is 1. The highest BCUT2D eigenvalue weighted by Gasteiger charge is 2.40. The van der Waals surface area contributed by atoms with Crippen LogP contribution in [0, 0.1) is 0 Å². The number of carboxylic acid groups (broad SMARTS) is 1. The van der Waals surface area contributed by atoms with Gasteiger partial charge in [0.1, 0.15) is 0 Å². The van der Waals surface area contributed by atoms with E-state index in [4.69, 9.17) is 28.3 Å². The number of carboxylic acids is 1. The summed E-state index contributed by atoms with van der Waals surface area (Å²) in [5.41, 5.74) is -0.325. The van der Waals surface area contributed by atoms with Gasteiger partial charge in [0.15, 0.2) is 0 Å². The summed E-state index contributed by atoms with van der Waals surface area (Å²) < 4.78 is 0. The number of carbonyl (C=O) groups excluding carboxylic acids is 1. The quantitative estimate of drug-likeness (QED) is 0.898. The molecule has 0 aliphatic heterocycles. The number of hydrogen-bond acceptors (Lipinski definition) is 2. The number of rotatable bonds is 4. The van der Waals surface area contributed by atoms with Crippen molar-refractivity contribution in [3.8, 4) is 0 Å². The van der Waals surface area contributed by atoms with Crippen molar-refractivity contribution in [2.24, 2.45) is 0 Å². The Kier molecular flexibility index (Phi) is 4.02. The largest absolute Gasteiger partial charge is 0.481 e. The van der Waals surface area contributed by atoms with Gasteiger partial charge in [0.2, 0.25) is 0 Å². The molecule has 19 heavy (non-hydrogen) atoms. The summed E-state index contributed by atoms with van der Waals surface area (Å²) in [4.78, 5) is 23.0. The van der Waals surface area contributed by atoms with Crippen molar-refractivity contribution < 1.29 is 14.7 Å². The van der Waals surface area contributed by atoms with Crippen LogP contribution in [-0.4, -0.2) is 22.5 Å². The van der Waals surface area contributed by atoms with Crippen LogP contribution in [0.4, 0.5) is 0 Å². The lowest BCUT2D eigenvalue weighted by molar-refractivity contribution is -0.139. The Balaban J connectivity index is 2.13. The highest BCUT2D eigenvalue weighted by molar-refractivity contribution is 6.36. The van der Waals surface area contributed by atoms with Crippen LogP contribution in [0.3, 0.4) is 0 Å². The highest BCUT2D eigenvalue weighted by Crippen LogP contribution is 2.35. The van der Waals surface area contributed by atoms with Crippen LogP contribution >= 0.6 is 23.2 Å². The Hall–Kier alpha value is -1.26. The van der Waals surface area contributed by atoms with Gasteiger partial charge in [0.25, 0.3) is 5.91 Å². The second-order valence-electron chi connectivity index (χ2n) is 4.78. The number of carbonyl (C=O) groups is 2. The van der Waals surface area contributed by atoms with Gasteiger partial charge < -0.3 is 10.4 Å². The minimum atomic E-state index is -0.915. The summed E-state index contributed by atoms with van der Waals surface area (Å²) in [6.07, 6.45) is 2.21. The van der Waals surface area contributed by atoms with Gasteiger partial charge in [-0.2, -0.15) is 0 Å². The zero-order valence-electron chi connectivity index (χ0n) is 10.1. The van der Waals surface area contributed by atoms with E-state index < -0.39 is 11.5 Å². The van der Waals surface area contributed by atoms with Gasteiger partial charge in [0, 0.05) is 5.02 Å². The molecule has 0 radical (unpaired) electrons. The van der Waals surface area contributed by atoms with Crippen LogP contribution in [0.5, 0.6) is 0 Å². The number of hydrogen-bond donors (Lipinski definition) is 2. The van der Waals surface area contributed by atoms with Gasteiger partial charge in [-0.1, -0.05) is 23.2 Å². The third-order valence-electron chi connectivity index (χ3n) is 3.35. The topological polar surface area (TPSA) is 66.4 Å². The molecule has 1 fully saturated rings. The van der Waals surface area contributed by atoms with Crippen LogP contribution in [0.25, 0.3) is 0 Å². The van der Waals surface area contributed by atoms with Crippen molar-refractivity contribution in [1.82, 2.24) is 5.32 Å². The fraction of sp³-hybridized carbons (Fsp3) is 0.385. The van der Waals surface area contributed by atoms with Crippen molar-refractivity contribution >= 4 is 35.1 Å². The predicted octanol–water partition coefficient (Wildman–Crippen LogP) is 3.12. The lowest BCUT2D eigenvalue weighted by Crippen LogP contribution is -2.54. The minimum absolute atomic E-state index is 0.0655. The number of halogens is 2. The molecule has 0 unspecified atom stereocenters. The van der Waals surface area contributed by atoms with E-state index in [-0.39, 0.29) is 17.4 Å². The summed E-state index contributed by atoms with van der Waals surface area (Å²) in [6, 6.07) is 4.60. The van der Waals surface area contributed by atoms with Gasteiger partial charge in [-0.25, -0.2) is 0 Å². The summed E-state index contributed by atoms with van der Waals surface area (Å²) in [5, 5.41) is 12.4. The van der Waals surface area contributed by atoms with E-state index in [0.717, 1.165) is 6.42 Å². The van der Waals surface area contributed by atoms with Gasteiger partial charge >= 0.3 is 5.97 Å². The van der Waals surface area contributed by atoms with Crippen molar-refractivity contribution in [3.05, 3.63) is 33.8 Å². The van der Waals surface area contributed by atoms with E-state index in [1.54, 1.807) is 6.07 Å². The van der Waals surface area contributed by atoms with E-state index in [1.807, 2.05) is 0 Å². The highest BCUT2D eigenvalue weighted by atomic mass is 35.5. The maximum atomic E-state index is 12.1. The lowest BCUT2D eigenvalue weighted by atomic mass is 9.74. The van der Waals surface area contributed by atoms with Crippen molar-refractivity contribution in [3.63, 3.8) is 0 Å². The molecule has 2 rings (SSSR count). The molecule has 0 heterocycles. The van der Waals surface area contributed by atoms with Crippen LogP contribution in [0.2, 0.25) is 10.0 Å². The molecule has 1 aromatic rings. The first-order valence-electron chi connectivity index (χ1n) is 5.91. The Morgan fingerprint density at radius 3 is 2.47 bits per heavy atom. The van der Waals surface area contributed by atoms with Crippen LogP contribution < -0.4 is 5.32 Å². The molecule has 102 valence electrons. The van der Waals surface area contributed by atoms with E-state index in [0.29, 0.717) is 23.4 Å². The van der Waals surface area contributed by atoms with Crippen molar-refractivity contribution in [2.75, 3.05) is 0 Å². The first-order valence-corrected chi connectivity index (χ1v) is 6.67. The zero-order valence-corrected chi connectivity index (χ0v) is 11.6. The van der Waals surface area contributed by atoms with Gasteiger partial charge in [-0.15, -0.1) is 0 Å². The third-order valence-corrected chi connectivity index (χ3v) is 3.90. The SMILES string of the molecule is O=C(O)CC1(NC(=O)c2ccc(Cl)cc2Cl)CCC1. The molecule has 1 aliphatic rings. The molecule has 0 spiro atoms. The molecule has 1 aromatic carbocycles. The Morgan fingerprint density at radius 1 is 1.32 bits per heavy atom. The molecule has 1 amide bonds. The summed E-state index contributed by atoms with van der Waals surface area (Å²) in [7, 11) is 0. The second kappa shape index (κ2) is 5.39. The molecule has 0 saturated heterocycles. The van der Waals surface area contributed by atoms with Crippen molar-refractivity contribution in [2.45, 2.75) is 31.2 Å². The van der Waals surface area contributed by atoms with Crippen molar-refractivity contribution in [1.29, 1.82) is 0 Å². The summed E-state index contributed by atoms with van der Waals surface area (Å²) in [5.74, 6) is -1.27. The Labute approximate surface area is 120 Å². The molecule has 6 heteroatoms. The molecule has 2 N–H and O–H groups in total. The van der Waals surface area contributed by atoms with Gasteiger partial charge in [0.05, 0.1) is 22.5 Å². The number of nitrogens with one attached hydrogen (secondary N) is 1. The van der Waals surface area contributed by atoms with Crippen LogP contribution in [0.15, 0.2) is 18.2 Å². The standard InChI is InChI=1S/C13H13Cl2NO3/c14-8-2-3-9(10(15)6-8)12(19)16-13(4-1-5-13)7-11(17)18/h2-3,6H,1,4-5,7H2,(H,16,19)(H,17,18). The molecule has 4 nitrogen and oxygen atoms in total. The smallest absolute Gasteiger partial charge is 0.305 e. The summed E-state index contributed by atoms with van der Waals surface area (Å²) in [6.45, 7) is 0. The van der Waals surface area contributed by atoms with E-state index in [9.17, 15) is 9.59 Å².